The zero-order valence-corrected chi connectivity index (χ0v) is 20.0. The lowest BCUT2D eigenvalue weighted by Gasteiger charge is -2.19. The van der Waals surface area contributed by atoms with E-state index in [9.17, 15) is 13.2 Å². The largest absolute Gasteiger partial charge is 0.325 e. The number of benzene rings is 1. The number of rotatable bonds is 10. The molecule has 0 radical (unpaired) electrons. The first kappa shape index (κ1) is 23.7. The second-order valence-electron chi connectivity index (χ2n) is 7.82. The minimum atomic E-state index is -3.59. The van der Waals surface area contributed by atoms with E-state index < -0.39 is 10.0 Å². The molecule has 1 aromatic carbocycles. The van der Waals surface area contributed by atoms with Crippen molar-refractivity contribution >= 4 is 33.4 Å². The molecule has 31 heavy (non-hydrogen) atoms. The molecule has 0 atom stereocenters. The molecule has 2 aromatic rings. The van der Waals surface area contributed by atoms with E-state index in [0.29, 0.717) is 29.9 Å². The Kier molecular flexibility index (Phi) is 8.12. The third-order valence-corrected chi connectivity index (χ3v) is 8.52. The lowest BCUT2D eigenvalue weighted by atomic mass is 10.0. The molecule has 0 aliphatic heterocycles. The van der Waals surface area contributed by atoms with Crippen LogP contribution in [0.4, 0.5) is 5.69 Å². The second-order valence-corrected chi connectivity index (χ2v) is 10.7. The summed E-state index contributed by atoms with van der Waals surface area (Å²) >= 11 is 1.26. The summed E-state index contributed by atoms with van der Waals surface area (Å²) in [6.07, 6.45) is 5.98. The molecule has 0 spiro atoms. The topological polar surface area (TPSA) is 108 Å². The van der Waals surface area contributed by atoms with Gasteiger partial charge < -0.3 is 5.32 Å². The average molecular weight is 466 g/mol. The maximum absolute atomic E-state index is 12.8. The van der Waals surface area contributed by atoms with Gasteiger partial charge in [0.25, 0.3) is 0 Å². The number of amides is 1. The molecule has 0 unspecified atom stereocenters. The molecule has 2 N–H and O–H groups in total. The minimum absolute atomic E-state index is 0.146. The number of aromatic amines is 1. The first-order valence-corrected chi connectivity index (χ1v) is 13.2. The first-order chi connectivity index (χ1) is 14.8. The highest BCUT2D eigenvalue weighted by molar-refractivity contribution is 7.99. The molecule has 1 saturated carbocycles. The van der Waals surface area contributed by atoms with Crippen LogP contribution < -0.4 is 5.32 Å². The van der Waals surface area contributed by atoms with Crippen molar-refractivity contribution < 1.29 is 13.2 Å². The lowest BCUT2D eigenvalue weighted by Crippen LogP contribution is -2.30. The predicted octanol–water partition coefficient (Wildman–Crippen LogP) is 3.61. The number of hydrogen-bond donors (Lipinski definition) is 2. The van der Waals surface area contributed by atoms with Crippen molar-refractivity contribution in [2.75, 3.05) is 24.2 Å². The molecule has 1 heterocycles. The standard InChI is InChI=1S/C21H31N5O3S2/c1-4-26(5-2)31(28,29)17-11-10-15(3)18(13-17)22-20(27)14-30-21-23-19(24-25-21)12-16-8-6-7-9-16/h10-11,13,16H,4-9,12,14H2,1-3H3,(H,22,27)(H,23,24,25). The number of aromatic nitrogens is 3. The van der Waals surface area contributed by atoms with Gasteiger partial charge in [0.1, 0.15) is 5.82 Å². The van der Waals surface area contributed by atoms with Gasteiger partial charge in [-0.25, -0.2) is 13.4 Å². The summed E-state index contributed by atoms with van der Waals surface area (Å²) in [4.78, 5) is 17.1. The number of hydrogen-bond acceptors (Lipinski definition) is 6. The van der Waals surface area contributed by atoms with E-state index in [4.69, 9.17) is 0 Å². The number of sulfonamides is 1. The third kappa shape index (κ3) is 6.08. The predicted molar refractivity (Wildman–Crippen MR) is 123 cm³/mol. The molecule has 1 aliphatic rings. The molecule has 3 rings (SSSR count). The monoisotopic (exact) mass is 465 g/mol. The van der Waals surface area contributed by atoms with Gasteiger partial charge in [-0.05, 0) is 30.5 Å². The Morgan fingerprint density at radius 2 is 1.97 bits per heavy atom. The van der Waals surface area contributed by atoms with E-state index in [1.807, 2.05) is 6.92 Å². The van der Waals surface area contributed by atoms with Gasteiger partial charge in [0.15, 0.2) is 0 Å². The number of H-pyrrole nitrogens is 1. The zero-order valence-electron chi connectivity index (χ0n) is 18.3. The van der Waals surface area contributed by atoms with E-state index in [2.05, 4.69) is 20.5 Å². The lowest BCUT2D eigenvalue weighted by molar-refractivity contribution is -0.113. The molecule has 1 fully saturated rings. The van der Waals surface area contributed by atoms with Crippen LogP contribution in [0.2, 0.25) is 0 Å². The highest BCUT2D eigenvalue weighted by Crippen LogP contribution is 2.27. The second kappa shape index (κ2) is 10.6. The fourth-order valence-corrected chi connectivity index (χ4v) is 5.95. The number of thioether (sulfide) groups is 1. The van der Waals surface area contributed by atoms with Gasteiger partial charge in [0, 0.05) is 25.2 Å². The van der Waals surface area contributed by atoms with Crippen LogP contribution in [-0.4, -0.2) is 52.7 Å². The summed E-state index contributed by atoms with van der Waals surface area (Å²) in [6, 6.07) is 4.81. The van der Waals surface area contributed by atoms with E-state index in [1.54, 1.807) is 26.0 Å². The fourth-order valence-electron chi connectivity index (χ4n) is 3.85. The van der Waals surface area contributed by atoms with Crippen LogP contribution >= 0.6 is 11.8 Å². The Bertz CT molecular complexity index is 996. The van der Waals surface area contributed by atoms with Crippen LogP contribution in [0.1, 0.15) is 50.9 Å². The summed E-state index contributed by atoms with van der Waals surface area (Å²) in [5.74, 6) is 1.47. The van der Waals surface area contributed by atoms with Crippen LogP contribution in [0.15, 0.2) is 28.3 Å². The molecule has 170 valence electrons. The molecule has 0 saturated heterocycles. The molecular formula is C21H31N5O3S2. The average Bonchev–Trinajstić information content (AvgIpc) is 3.41. The number of carbonyl (C=O) groups excluding carboxylic acids is 1. The molecule has 1 amide bonds. The molecule has 0 bridgehead atoms. The molecule has 1 aliphatic carbocycles. The smallest absolute Gasteiger partial charge is 0.243 e. The summed E-state index contributed by atoms with van der Waals surface area (Å²) in [7, 11) is -3.59. The summed E-state index contributed by atoms with van der Waals surface area (Å²) < 4.78 is 26.9. The SMILES string of the molecule is CCN(CC)S(=O)(=O)c1ccc(C)c(NC(=O)CSc2n[nH]c(CC3CCCC3)n2)c1. The maximum Gasteiger partial charge on any atom is 0.243 e. The number of nitrogens with one attached hydrogen (secondary N) is 2. The Balaban J connectivity index is 1.59. The van der Waals surface area contributed by atoms with Crippen LogP contribution in [0.25, 0.3) is 0 Å². The molecular weight excluding hydrogens is 434 g/mol. The Labute approximate surface area is 188 Å². The van der Waals surface area contributed by atoms with Crippen molar-refractivity contribution in [3.63, 3.8) is 0 Å². The van der Waals surface area contributed by atoms with Crippen LogP contribution in [0, 0.1) is 12.8 Å². The van der Waals surface area contributed by atoms with Crippen molar-refractivity contribution in [3.8, 4) is 0 Å². The Morgan fingerprint density at radius 3 is 2.65 bits per heavy atom. The van der Waals surface area contributed by atoms with Gasteiger partial charge in [-0.3, -0.25) is 9.89 Å². The number of carbonyl (C=O) groups is 1. The van der Waals surface area contributed by atoms with E-state index >= 15 is 0 Å². The van der Waals surface area contributed by atoms with E-state index in [1.165, 1.54) is 47.8 Å². The highest BCUT2D eigenvalue weighted by Gasteiger charge is 2.23. The number of anilines is 1. The first-order valence-electron chi connectivity index (χ1n) is 10.8. The fraction of sp³-hybridized carbons (Fsp3) is 0.571. The van der Waals surface area contributed by atoms with Crippen molar-refractivity contribution in [1.29, 1.82) is 0 Å². The normalized spacial score (nSPS) is 15.0. The minimum Gasteiger partial charge on any atom is -0.325 e. The van der Waals surface area contributed by atoms with Crippen LogP contribution in [0.3, 0.4) is 0 Å². The summed E-state index contributed by atoms with van der Waals surface area (Å²) in [5, 5.41) is 10.6. The quantitative estimate of drug-likeness (QED) is 0.519. The van der Waals surface area contributed by atoms with Crippen molar-refractivity contribution in [2.24, 2.45) is 5.92 Å². The van der Waals surface area contributed by atoms with Crippen molar-refractivity contribution in [1.82, 2.24) is 19.5 Å². The summed E-state index contributed by atoms with van der Waals surface area (Å²) in [6.45, 7) is 6.23. The number of nitrogens with zero attached hydrogens (tertiary/aromatic N) is 3. The van der Waals surface area contributed by atoms with Gasteiger partial charge in [-0.15, -0.1) is 5.10 Å². The van der Waals surface area contributed by atoms with Crippen molar-refractivity contribution in [2.45, 2.75) is 62.9 Å². The highest BCUT2D eigenvalue weighted by atomic mass is 32.2. The van der Waals surface area contributed by atoms with Gasteiger partial charge in [0.05, 0.1) is 10.6 Å². The van der Waals surface area contributed by atoms with Crippen molar-refractivity contribution in [3.05, 3.63) is 29.6 Å². The zero-order chi connectivity index (χ0) is 22.4. The van der Waals surface area contributed by atoms with Gasteiger partial charge in [-0.2, -0.15) is 4.31 Å². The van der Waals surface area contributed by atoms with Gasteiger partial charge >= 0.3 is 0 Å². The third-order valence-electron chi connectivity index (χ3n) is 5.63. The summed E-state index contributed by atoms with van der Waals surface area (Å²) in [5.41, 5.74) is 1.30. The van der Waals surface area contributed by atoms with E-state index in [-0.39, 0.29) is 16.6 Å². The maximum atomic E-state index is 12.8. The Hall–Kier alpha value is -1.91. The molecule has 8 nitrogen and oxygen atoms in total. The van der Waals surface area contributed by atoms with Crippen LogP contribution in [-0.2, 0) is 21.2 Å². The van der Waals surface area contributed by atoms with Gasteiger partial charge in [-0.1, -0.05) is 57.4 Å². The number of aryl methyl sites for hydroxylation is 1. The van der Waals surface area contributed by atoms with E-state index in [0.717, 1.165) is 17.8 Å². The molecule has 1 aromatic heterocycles. The Morgan fingerprint density at radius 1 is 1.26 bits per heavy atom. The van der Waals surface area contributed by atoms with Crippen LogP contribution in [0.5, 0.6) is 0 Å². The molecule has 10 heteroatoms. The van der Waals surface area contributed by atoms with Gasteiger partial charge in [0.2, 0.25) is 21.1 Å².